The predicted octanol–water partition coefficient (Wildman–Crippen LogP) is 16.6. The van der Waals surface area contributed by atoms with Crippen LogP contribution in [-0.2, 0) is 0 Å². The van der Waals surface area contributed by atoms with Crippen LogP contribution in [0.4, 0.5) is 17.1 Å². The summed E-state index contributed by atoms with van der Waals surface area (Å²) in [6.07, 6.45) is 0. The van der Waals surface area contributed by atoms with Crippen LogP contribution in [0.2, 0.25) is 0 Å². The van der Waals surface area contributed by atoms with Gasteiger partial charge in [0.15, 0.2) is 0 Å². The Hall–Kier alpha value is -6.78. The van der Waals surface area contributed by atoms with Crippen molar-refractivity contribution in [2.45, 2.75) is 0 Å². The van der Waals surface area contributed by atoms with E-state index in [9.17, 15) is 0 Å². The summed E-state index contributed by atoms with van der Waals surface area (Å²) in [6, 6.07) is 77.7. The Bertz CT molecular complexity index is 3230. The van der Waals surface area contributed by atoms with Crippen LogP contribution >= 0.6 is 22.7 Å². The number of rotatable bonds is 7. The Morgan fingerprint density at radius 1 is 0.281 bits per heavy atom. The third-order valence-corrected chi connectivity index (χ3v) is 13.4. The quantitative estimate of drug-likeness (QED) is 0.156. The lowest BCUT2D eigenvalue weighted by atomic mass is 9.87. The molecule has 0 aliphatic heterocycles. The van der Waals surface area contributed by atoms with Crippen LogP contribution in [-0.4, -0.2) is 0 Å². The minimum Gasteiger partial charge on any atom is -0.309 e. The molecule has 0 amide bonds. The Morgan fingerprint density at radius 3 is 1.44 bits per heavy atom. The second-order valence-electron chi connectivity index (χ2n) is 14.4. The van der Waals surface area contributed by atoms with E-state index < -0.39 is 0 Å². The van der Waals surface area contributed by atoms with Crippen LogP contribution in [0.15, 0.2) is 212 Å². The van der Waals surface area contributed by atoms with Crippen molar-refractivity contribution in [1.29, 1.82) is 0 Å². The fourth-order valence-electron chi connectivity index (χ4n) is 8.59. The molecule has 0 N–H and O–H groups in total. The molecule has 0 aliphatic carbocycles. The van der Waals surface area contributed by atoms with Gasteiger partial charge in [-0.3, -0.25) is 0 Å². The number of benzene rings is 9. The maximum Gasteiger partial charge on any atom is 0.0555 e. The van der Waals surface area contributed by atoms with Gasteiger partial charge >= 0.3 is 0 Å². The largest absolute Gasteiger partial charge is 0.309 e. The average molecular weight is 762 g/mol. The molecule has 3 heteroatoms. The van der Waals surface area contributed by atoms with Crippen LogP contribution in [0.3, 0.4) is 0 Å². The van der Waals surface area contributed by atoms with Crippen molar-refractivity contribution >= 4 is 80.1 Å². The van der Waals surface area contributed by atoms with E-state index in [4.69, 9.17) is 0 Å². The molecule has 0 saturated heterocycles. The Kier molecular flexibility index (Phi) is 8.28. The smallest absolute Gasteiger partial charge is 0.0555 e. The highest BCUT2D eigenvalue weighted by Crippen LogP contribution is 2.51. The standard InChI is InChI=1S/C54H35NS2/c1-3-16-36(17-4-1)40-20-7-8-21-43(40)52-41(37-18-5-2-6-19-37)24-13-26-46(52)55(47-27-15-31-51-54(47)45-23-10-12-29-49(45)57-51)39-34-32-38(33-35-39)42-25-14-30-50-53(42)44-22-9-11-28-48(44)56-50/h1-35H. The van der Waals surface area contributed by atoms with E-state index in [1.165, 1.54) is 84.9 Å². The van der Waals surface area contributed by atoms with Gasteiger partial charge in [0.1, 0.15) is 0 Å². The first-order valence-electron chi connectivity index (χ1n) is 19.3. The predicted molar refractivity (Wildman–Crippen MR) is 249 cm³/mol. The highest BCUT2D eigenvalue weighted by atomic mass is 32.1. The summed E-state index contributed by atoms with van der Waals surface area (Å²) < 4.78 is 5.20. The van der Waals surface area contributed by atoms with Gasteiger partial charge in [-0.15, -0.1) is 22.7 Å². The fraction of sp³-hybridized carbons (Fsp3) is 0. The lowest BCUT2D eigenvalue weighted by Crippen LogP contribution is -2.12. The van der Waals surface area contributed by atoms with E-state index in [-0.39, 0.29) is 0 Å². The molecule has 0 fully saturated rings. The zero-order chi connectivity index (χ0) is 37.7. The number of nitrogens with zero attached hydrogens (tertiary/aromatic N) is 1. The maximum atomic E-state index is 2.51. The molecule has 0 atom stereocenters. The fourth-order valence-corrected chi connectivity index (χ4v) is 10.9. The summed E-state index contributed by atoms with van der Waals surface area (Å²) in [5, 5.41) is 5.18. The Labute approximate surface area is 340 Å². The van der Waals surface area contributed by atoms with Gasteiger partial charge in [0, 0.05) is 51.6 Å². The van der Waals surface area contributed by atoms with Crippen molar-refractivity contribution in [3.05, 3.63) is 212 Å². The van der Waals surface area contributed by atoms with Gasteiger partial charge in [-0.1, -0.05) is 164 Å². The average Bonchev–Trinajstić information content (AvgIpc) is 3.87. The van der Waals surface area contributed by atoms with E-state index >= 15 is 0 Å². The zero-order valence-corrected chi connectivity index (χ0v) is 32.6. The van der Waals surface area contributed by atoms with Crippen LogP contribution in [0.5, 0.6) is 0 Å². The van der Waals surface area contributed by atoms with E-state index in [0.717, 1.165) is 17.1 Å². The summed E-state index contributed by atoms with van der Waals surface area (Å²) in [6.45, 7) is 0. The number of thiophene rings is 2. The third-order valence-electron chi connectivity index (χ3n) is 11.1. The Balaban J connectivity index is 1.20. The van der Waals surface area contributed by atoms with Gasteiger partial charge in [0.05, 0.1) is 11.4 Å². The number of anilines is 3. The molecule has 0 bridgehead atoms. The molecule has 268 valence electrons. The van der Waals surface area contributed by atoms with Crippen molar-refractivity contribution in [3.8, 4) is 44.5 Å². The summed E-state index contributed by atoms with van der Waals surface area (Å²) in [5.41, 5.74) is 13.0. The van der Waals surface area contributed by atoms with Gasteiger partial charge in [-0.2, -0.15) is 0 Å². The number of fused-ring (bicyclic) bond motifs is 6. The first-order chi connectivity index (χ1) is 28.3. The molecular weight excluding hydrogens is 727 g/mol. The lowest BCUT2D eigenvalue weighted by molar-refractivity contribution is 1.30. The van der Waals surface area contributed by atoms with Crippen molar-refractivity contribution in [1.82, 2.24) is 0 Å². The lowest BCUT2D eigenvalue weighted by Gasteiger charge is -2.30. The molecule has 0 radical (unpaired) electrons. The summed E-state index contributed by atoms with van der Waals surface area (Å²) in [4.78, 5) is 2.51. The second-order valence-corrected chi connectivity index (χ2v) is 16.6. The molecule has 0 spiro atoms. The monoisotopic (exact) mass is 761 g/mol. The molecule has 11 rings (SSSR count). The van der Waals surface area contributed by atoms with Crippen molar-refractivity contribution < 1.29 is 0 Å². The summed E-state index contributed by atoms with van der Waals surface area (Å²) >= 11 is 3.73. The van der Waals surface area contributed by atoms with Crippen LogP contribution in [0.1, 0.15) is 0 Å². The number of hydrogen-bond acceptors (Lipinski definition) is 3. The van der Waals surface area contributed by atoms with E-state index in [1.54, 1.807) is 0 Å². The minimum atomic E-state index is 1.10. The highest BCUT2D eigenvalue weighted by Gasteiger charge is 2.25. The van der Waals surface area contributed by atoms with Crippen LogP contribution < -0.4 is 4.90 Å². The summed E-state index contributed by atoms with van der Waals surface area (Å²) in [7, 11) is 0. The van der Waals surface area contributed by atoms with Crippen molar-refractivity contribution in [2.75, 3.05) is 4.90 Å². The topological polar surface area (TPSA) is 3.24 Å². The van der Waals surface area contributed by atoms with Gasteiger partial charge in [-0.25, -0.2) is 0 Å². The minimum absolute atomic E-state index is 1.10. The van der Waals surface area contributed by atoms with Crippen LogP contribution in [0.25, 0.3) is 84.9 Å². The molecule has 11 aromatic rings. The Morgan fingerprint density at radius 2 is 0.737 bits per heavy atom. The van der Waals surface area contributed by atoms with Crippen molar-refractivity contribution in [2.24, 2.45) is 0 Å². The molecule has 9 aromatic carbocycles. The van der Waals surface area contributed by atoms with Gasteiger partial charge in [0.25, 0.3) is 0 Å². The number of hydrogen-bond donors (Lipinski definition) is 0. The van der Waals surface area contributed by atoms with Gasteiger partial charge in [0.2, 0.25) is 0 Å². The molecular formula is C54H35NS2. The maximum absolute atomic E-state index is 2.51. The molecule has 2 heterocycles. The summed E-state index contributed by atoms with van der Waals surface area (Å²) in [5.74, 6) is 0. The molecule has 0 unspecified atom stereocenters. The first kappa shape index (κ1) is 33.5. The van der Waals surface area contributed by atoms with E-state index in [0.29, 0.717) is 0 Å². The second kappa shape index (κ2) is 14.1. The normalized spacial score (nSPS) is 11.5. The SMILES string of the molecule is c1ccc(-c2ccccc2-c2c(-c3ccccc3)cccc2N(c2ccc(-c3cccc4sc5ccccc5c34)cc2)c2cccc3sc4ccccc4c23)cc1. The van der Waals surface area contributed by atoms with Crippen molar-refractivity contribution in [3.63, 3.8) is 0 Å². The molecule has 0 saturated carbocycles. The van der Waals surface area contributed by atoms with Gasteiger partial charge in [-0.05, 0) is 87.5 Å². The molecule has 2 aromatic heterocycles. The highest BCUT2D eigenvalue weighted by molar-refractivity contribution is 7.26. The molecule has 0 aliphatic rings. The first-order valence-corrected chi connectivity index (χ1v) is 21.0. The molecule has 57 heavy (non-hydrogen) atoms. The molecule has 1 nitrogen and oxygen atoms in total. The van der Waals surface area contributed by atoms with Gasteiger partial charge < -0.3 is 4.90 Å². The van der Waals surface area contributed by atoms with E-state index in [2.05, 4.69) is 217 Å². The third kappa shape index (κ3) is 5.74. The van der Waals surface area contributed by atoms with E-state index in [1.807, 2.05) is 22.7 Å². The van der Waals surface area contributed by atoms with Crippen LogP contribution in [0, 0.1) is 0 Å². The zero-order valence-electron chi connectivity index (χ0n) is 31.0.